The Balaban J connectivity index is 2.15. The Kier molecular flexibility index (Phi) is 4.19. The molecule has 1 fully saturated rings. The molecule has 2 rings (SSSR count). The van der Waals surface area contributed by atoms with Crippen molar-refractivity contribution in [2.24, 2.45) is 11.5 Å². The quantitative estimate of drug-likeness (QED) is 0.786. The number of carbonyl (C=O) groups excluding carboxylic acids is 1. The van der Waals surface area contributed by atoms with Gasteiger partial charge in [0.2, 0.25) is 5.91 Å². The lowest BCUT2D eigenvalue weighted by Gasteiger charge is -2.31. The highest BCUT2D eigenvalue weighted by molar-refractivity contribution is 5.86. The van der Waals surface area contributed by atoms with Gasteiger partial charge in [0, 0.05) is 26.7 Å². The van der Waals surface area contributed by atoms with Crippen LogP contribution in [0.3, 0.4) is 0 Å². The molecule has 1 aromatic rings. The zero-order valence-corrected chi connectivity index (χ0v) is 11.2. The second-order valence-corrected chi connectivity index (χ2v) is 5.08. The van der Waals surface area contributed by atoms with Crippen molar-refractivity contribution in [2.75, 3.05) is 26.7 Å². The van der Waals surface area contributed by atoms with Gasteiger partial charge in [0.1, 0.15) is 5.54 Å². The zero-order valence-electron chi connectivity index (χ0n) is 11.2. The van der Waals surface area contributed by atoms with Crippen molar-refractivity contribution in [2.45, 2.75) is 18.1 Å². The zero-order chi connectivity index (χ0) is 13.9. The van der Waals surface area contributed by atoms with Crippen LogP contribution in [0.4, 0.5) is 0 Å². The Bertz CT molecular complexity index is 438. The van der Waals surface area contributed by atoms with Crippen molar-refractivity contribution in [3.63, 3.8) is 0 Å². The third kappa shape index (κ3) is 2.94. The lowest BCUT2D eigenvalue weighted by Crippen LogP contribution is -2.56. The largest absolute Gasteiger partial charge is 0.380 e. The van der Waals surface area contributed by atoms with Gasteiger partial charge in [-0.1, -0.05) is 30.3 Å². The van der Waals surface area contributed by atoms with E-state index in [2.05, 4.69) is 4.90 Å². The third-order valence-electron chi connectivity index (χ3n) is 3.76. The van der Waals surface area contributed by atoms with E-state index in [-0.39, 0.29) is 6.10 Å². The Morgan fingerprint density at radius 1 is 1.47 bits per heavy atom. The highest BCUT2D eigenvalue weighted by Crippen LogP contribution is 2.22. The molecule has 2 atom stereocenters. The Labute approximate surface area is 113 Å². The highest BCUT2D eigenvalue weighted by atomic mass is 16.5. The van der Waals surface area contributed by atoms with Gasteiger partial charge in [0.25, 0.3) is 0 Å². The fourth-order valence-electron chi connectivity index (χ4n) is 2.53. The molecule has 1 aliphatic rings. The average molecular weight is 263 g/mol. The lowest BCUT2D eigenvalue weighted by atomic mass is 9.89. The molecule has 5 heteroatoms. The molecule has 0 aliphatic carbocycles. The predicted molar refractivity (Wildman–Crippen MR) is 73.4 cm³/mol. The topological polar surface area (TPSA) is 81.6 Å². The number of nitrogens with zero attached hydrogens (tertiary/aromatic N) is 1. The number of methoxy groups -OCH3 is 1. The minimum atomic E-state index is -1.15. The first-order valence-electron chi connectivity index (χ1n) is 6.45. The first kappa shape index (κ1) is 14.0. The Morgan fingerprint density at radius 3 is 2.68 bits per heavy atom. The van der Waals surface area contributed by atoms with Crippen LogP contribution in [0.2, 0.25) is 0 Å². The van der Waals surface area contributed by atoms with Crippen molar-refractivity contribution in [1.82, 2.24) is 4.90 Å². The summed E-state index contributed by atoms with van der Waals surface area (Å²) < 4.78 is 5.32. The van der Waals surface area contributed by atoms with E-state index >= 15 is 0 Å². The summed E-state index contributed by atoms with van der Waals surface area (Å²) in [7, 11) is 1.70. The molecular formula is C14H21N3O2. The number of rotatable bonds is 5. The minimum Gasteiger partial charge on any atom is -0.380 e. The van der Waals surface area contributed by atoms with E-state index in [1.54, 1.807) is 7.11 Å². The molecule has 0 radical (unpaired) electrons. The van der Waals surface area contributed by atoms with E-state index in [1.165, 1.54) is 0 Å². The molecule has 1 amide bonds. The predicted octanol–water partition coefficient (Wildman–Crippen LogP) is 0.0466. The van der Waals surface area contributed by atoms with Crippen LogP contribution in [0, 0.1) is 0 Å². The van der Waals surface area contributed by atoms with Gasteiger partial charge in [-0.05, 0) is 12.0 Å². The number of ether oxygens (including phenoxy) is 1. The summed E-state index contributed by atoms with van der Waals surface area (Å²) in [6.45, 7) is 2.08. The maximum Gasteiger partial charge on any atom is 0.243 e. The van der Waals surface area contributed by atoms with Gasteiger partial charge in [-0.25, -0.2) is 0 Å². The van der Waals surface area contributed by atoms with E-state index in [4.69, 9.17) is 16.2 Å². The number of likely N-dealkylation sites (tertiary alicyclic amines) is 1. The van der Waals surface area contributed by atoms with E-state index in [0.29, 0.717) is 6.54 Å². The number of hydrogen-bond donors (Lipinski definition) is 2. The molecule has 0 spiro atoms. The molecule has 5 nitrogen and oxygen atoms in total. The smallest absolute Gasteiger partial charge is 0.243 e. The van der Waals surface area contributed by atoms with E-state index in [1.807, 2.05) is 30.3 Å². The molecule has 1 saturated heterocycles. The highest BCUT2D eigenvalue weighted by Gasteiger charge is 2.37. The molecule has 2 unspecified atom stereocenters. The lowest BCUT2D eigenvalue weighted by molar-refractivity contribution is -0.124. The summed E-state index contributed by atoms with van der Waals surface area (Å²) in [4.78, 5) is 13.9. The molecule has 0 aromatic heterocycles. The van der Waals surface area contributed by atoms with E-state index < -0.39 is 11.4 Å². The maximum absolute atomic E-state index is 11.8. The van der Waals surface area contributed by atoms with Crippen LogP contribution in [-0.2, 0) is 15.1 Å². The van der Waals surface area contributed by atoms with Gasteiger partial charge >= 0.3 is 0 Å². The minimum absolute atomic E-state index is 0.216. The number of hydrogen-bond acceptors (Lipinski definition) is 4. The SMILES string of the molecule is COC1CCN(CC(N)(C(N)=O)c2ccccc2)C1. The van der Waals surface area contributed by atoms with E-state index in [9.17, 15) is 4.79 Å². The van der Waals surface area contributed by atoms with E-state index in [0.717, 1.165) is 25.1 Å². The van der Waals surface area contributed by atoms with Gasteiger partial charge in [-0.2, -0.15) is 0 Å². The number of amides is 1. The summed E-state index contributed by atoms with van der Waals surface area (Å²) in [6, 6.07) is 9.30. The molecular weight excluding hydrogens is 242 g/mol. The number of benzene rings is 1. The van der Waals surface area contributed by atoms with Crippen LogP contribution in [0.15, 0.2) is 30.3 Å². The summed E-state index contributed by atoms with van der Waals surface area (Å²) in [5.41, 5.74) is 11.4. The van der Waals surface area contributed by atoms with Crippen LogP contribution in [-0.4, -0.2) is 43.7 Å². The molecule has 0 saturated carbocycles. The van der Waals surface area contributed by atoms with Crippen LogP contribution in [0.25, 0.3) is 0 Å². The first-order valence-corrected chi connectivity index (χ1v) is 6.45. The molecule has 19 heavy (non-hydrogen) atoms. The Morgan fingerprint density at radius 2 is 2.16 bits per heavy atom. The van der Waals surface area contributed by atoms with Crippen LogP contribution < -0.4 is 11.5 Å². The fraction of sp³-hybridized carbons (Fsp3) is 0.500. The van der Waals surface area contributed by atoms with Gasteiger partial charge < -0.3 is 16.2 Å². The third-order valence-corrected chi connectivity index (χ3v) is 3.76. The normalized spacial score (nSPS) is 23.2. The van der Waals surface area contributed by atoms with Gasteiger partial charge in [-0.15, -0.1) is 0 Å². The first-order chi connectivity index (χ1) is 9.06. The Hall–Kier alpha value is -1.43. The van der Waals surface area contributed by atoms with Crippen LogP contribution in [0.5, 0.6) is 0 Å². The number of carbonyl (C=O) groups is 1. The number of primary amides is 1. The molecule has 1 heterocycles. The monoisotopic (exact) mass is 263 g/mol. The van der Waals surface area contributed by atoms with Crippen molar-refractivity contribution < 1.29 is 9.53 Å². The fourth-order valence-corrected chi connectivity index (χ4v) is 2.53. The van der Waals surface area contributed by atoms with Crippen molar-refractivity contribution >= 4 is 5.91 Å². The standard InChI is InChI=1S/C14H21N3O2/c1-19-12-7-8-17(9-12)10-14(16,13(15)18)11-5-3-2-4-6-11/h2-6,12H,7-10,16H2,1H3,(H2,15,18). The van der Waals surface area contributed by atoms with Crippen molar-refractivity contribution in [3.8, 4) is 0 Å². The number of nitrogens with two attached hydrogens (primary N) is 2. The van der Waals surface area contributed by atoms with Gasteiger partial charge in [-0.3, -0.25) is 9.69 Å². The average Bonchev–Trinajstić information content (AvgIpc) is 2.87. The van der Waals surface area contributed by atoms with Crippen molar-refractivity contribution in [3.05, 3.63) is 35.9 Å². The van der Waals surface area contributed by atoms with Crippen molar-refractivity contribution in [1.29, 1.82) is 0 Å². The summed E-state index contributed by atoms with van der Waals surface area (Å²) in [5.74, 6) is -0.500. The second-order valence-electron chi connectivity index (χ2n) is 5.08. The van der Waals surface area contributed by atoms with Gasteiger partial charge in [0.15, 0.2) is 0 Å². The summed E-state index contributed by atoms with van der Waals surface area (Å²) in [6.07, 6.45) is 1.17. The molecule has 0 bridgehead atoms. The summed E-state index contributed by atoms with van der Waals surface area (Å²) in [5, 5.41) is 0. The summed E-state index contributed by atoms with van der Waals surface area (Å²) >= 11 is 0. The molecule has 104 valence electrons. The van der Waals surface area contributed by atoms with Gasteiger partial charge in [0.05, 0.1) is 6.10 Å². The molecule has 1 aliphatic heterocycles. The van der Waals surface area contributed by atoms with Crippen LogP contribution in [0.1, 0.15) is 12.0 Å². The molecule has 1 aromatic carbocycles. The van der Waals surface area contributed by atoms with Crippen LogP contribution >= 0.6 is 0 Å². The maximum atomic E-state index is 11.8. The second kappa shape index (κ2) is 5.69. The molecule has 4 N–H and O–H groups in total.